The van der Waals surface area contributed by atoms with Gasteiger partial charge in [-0.15, -0.1) is 0 Å². The van der Waals surface area contributed by atoms with Crippen LogP contribution in [0.1, 0.15) is 42.4 Å². The van der Waals surface area contributed by atoms with Gasteiger partial charge in [0.1, 0.15) is 11.6 Å². The average Bonchev–Trinajstić information content (AvgIpc) is 3.08. The van der Waals surface area contributed by atoms with E-state index in [1.54, 1.807) is 18.7 Å². The van der Waals surface area contributed by atoms with Gasteiger partial charge in [-0.1, -0.05) is 0 Å². The Balaban J connectivity index is 1.76. The van der Waals surface area contributed by atoms with Crippen LogP contribution in [-0.4, -0.2) is 22.4 Å². The molecule has 0 fully saturated rings. The van der Waals surface area contributed by atoms with E-state index in [1.165, 1.54) is 13.0 Å². The van der Waals surface area contributed by atoms with Gasteiger partial charge in [-0.3, -0.25) is 4.79 Å². The normalized spacial score (nSPS) is 14.6. The van der Waals surface area contributed by atoms with Crippen molar-refractivity contribution in [3.63, 3.8) is 0 Å². The van der Waals surface area contributed by atoms with Gasteiger partial charge >= 0.3 is 6.18 Å². The number of fused-ring (bicyclic) bond motifs is 2. The first-order valence-corrected chi connectivity index (χ1v) is 9.86. The third-order valence-electron chi connectivity index (χ3n) is 5.44. The number of rotatable bonds is 3. The molecule has 0 spiro atoms. The van der Waals surface area contributed by atoms with Crippen molar-refractivity contribution in [2.45, 2.75) is 39.4 Å². The summed E-state index contributed by atoms with van der Waals surface area (Å²) in [5.41, 5.74) is 7.91. The van der Waals surface area contributed by atoms with Crippen LogP contribution in [0.4, 0.5) is 30.4 Å². The number of carbonyl (C=O) groups excluding carboxylic acids is 1. The molecule has 2 aromatic carbocycles. The van der Waals surface area contributed by atoms with Crippen molar-refractivity contribution in [2.75, 3.05) is 22.5 Å². The van der Waals surface area contributed by atoms with Crippen LogP contribution in [0.2, 0.25) is 0 Å². The molecule has 4 rings (SSSR count). The van der Waals surface area contributed by atoms with Crippen LogP contribution >= 0.6 is 0 Å². The molecule has 0 bridgehead atoms. The lowest BCUT2D eigenvalue weighted by Crippen LogP contribution is -2.25. The van der Waals surface area contributed by atoms with Crippen molar-refractivity contribution in [3.8, 4) is 0 Å². The lowest BCUT2D eigenvalue weighted by molar-refractivity contribution is -0.137. The summed E-state index contributed by atoms with van der Waals surface area (Å²) in [5, 5.41) is 3.90. The summed E-state index contributed by atoms with van der Waals surface area (Å²) < 4.78 is 39.6. The second-order valence-corrected chi connectivity index (χ2v) is 7.79. The molecule has 1 atom stereocenters. The molecule has 0 saturated heterocycles. The number of nitrogens with zero attached hydrogens (tertiary/aromatic N) is 3. The number of anilines is 3. The van der Waals surface area contributed by atoms with Crippen molar-refractivity contribution in [3.05, 3.63) is 52.8 Å². The fourth-order valence-corrected chi connectivity index (χ4v) is 3.94. The van der Waals surface area contributed by atoms with Gasteiger partial charge < -0.3 is 16.0 Å². The van der Waals surface area contributed by atoms with Gasteiger partial charge in [0, 0.05) is 30.2 Å². The molecule has 9 heteroatoms. The number of amides is 1. The molecule has 0 saturated carbocycles. The maximum absolute atomic E-state index is 13.2. The second-order valence-electron chi connectivity index (χ2n) is 7.79. The minimum atomic E-state index is -4.49. The molecule has 31 heavy (non-hydrogen) atoms. The number of benzene rings is 2. The van der Waals surface area contributed by atoms with E-state index in [0.29, 0.717) is 29.1 Å². The van der Waals surface area contributed by atoms with Gasteiger partial charge in [0.2, 0.25) is 5.91 Å². The van der Waals surface area contributed by atoms with E-state index in [9.17, 15) is 18.0 Å². The molecular weight excluding hydrogens is 407 g/mol. The summed E-state index contributed by atoms with van der Waals surface area (Å²) >= 11 is 0. The van der Waals surface area contributed by atoms with Gasteiger partial charge in [0.25, 0.3) is 0 Å². The molecular formula is C22H22F3N5O. The Morgan fingerprint density at radius 3 is 2.61 bits per heavy atom. The zero-order valence-electron chi connectivity index (χ0n) is 17.3. The van der Waals surface area contributed by atoms with Crippen LogP contribution in [0.5, 0.6) is 0 Å². The molecule has 1 aliphatic rings. The molecule has 3 N–H and O–H groups in total. The minimum Gasteiger partial charge on any atom is -0.399 e. The summed E-state index contributed by atoms with van der Waals surface area (Å²) in [7, 11) is 0. The molecule has 162 valence electrons. The van der Waals surface area contributed by atoms with Gasteiger partial charge in [-0.05, 0) is 61.7 Å². The molecule has 0 aliphatic carbocycles. The number of nitrogen functional groups attached to an aromatic ring is 1. The average molecular weight is 429 g/mol. The van der Waals surface area contributed by atoms with Crippen LogP contribution in [0.15, 0.2) is 30.3 Å². The standard InChI is InChI=1S/C22H22F3N5O/c1-11(15-6-16(22(23,24)25)9-17(26)7-15)27-21-18-10-20-14(4-5-30(20)13(3)31)8-19(18)28-12(2)29-21/h6-11H,4-5,26H2,1-3H3,(H,27,28,29)/t11-/m1/s1. The highest BCUT2D eigenvalue weighted by Crippen LogP contribution is 2.36. The molecule has 1 aliphatic heterocycles. The molecule has 1 amide bonds. The third-order valence-corrected chi connectivity index (χ3v) is 5.44. The van der Waals surface area contributed by atoms with Gasteiger partial charge in [-0.25, -0.2) is 9.97 Å². The highest BCUT2D eigenvalue weighted by Gasteiger charge is 2.31. The fraction of sp³-hybridized carbons (Fsp3) is 0.318. The van der Waals surface area contributed by atoms with E-state index < -0.39 is 17.8 Å². The SMILES string of the molecule is CC(=O)N1CCc2cc3nc(C)nc(N[C@H](C)c4cc(N)cc(C(F)(F)F)c4)c3cc21. The van der Waals surface area contributed by atoms with E-state index >= 15 is 0 Å². The fourth-order valence-electron chi connectivity index (χ4n) is 3.94. The minimum absolute atomic E-state index is 0.0390. The smallest absolute Gasteiger partial charge is 0.399 e. The molecule has 0 unspecified atom stereocenters. The zero-order chi connectivity index (χ0) is 22.5. The largest absolute Gasteiger partial charge is 0.416 e. The Kier molecular flexibility index (Phi) is 4.99. The first kappa shape index (κ1) is 20.9. The highest BCUT2D eigenvalue weighted by molar-refractivity contribution is 6.00. The number of aromatic nitrogens is 2. The van der Waals surface area contributed by atoms with Crippen molar-refractivity contribution in [1.29, 1.82) is 0 Å². The van der Waals surface area contributed by atoms with Crippen LogP contribution in [0, 0.1) is 6.92 Å². The van der Waals surface area contributed by atoms with Crippen molar-refractivity contribution < 1.29 is 18.0 Å². The Hall–Kier alpha value is -3.36. The number of hydrogen-bond donors (Lipinski definition) is 2. The summed E-state index contributed by atoms with van der Waals surface area (Å²) in [6.07, 6.45) is -3.74. The van der Waals surface area contributed by atoms with Crippen molar-refractivity contribution in [1.82, 2.24) is 9.97 Å². The quantitative estimate of drug-likeness (QED) is 0.594. The van der Waals surface area contributed by atoms with E-state index in [1.807, 2.05) is 12.1 Å². The van der Waals surface area contributed by atoms with Gasteiger partial charge in [-0.2, -0.15) is 13.2 Å². The molecule has 6 nitrogen and oxygen atoms in total. The first-order valence-electron chi connectivity index (χ1n) is 9.86. The van der Waals surface area contributed by atoms with E-state index in [-0.39, 0.29) is 11.6 Å². The number of carbonyl (C=O) groups is 1. The van der Waals surface area contributed by atoms with E-state index in [0.717, 1.165) is 35.3 Å². The lowest BCUT2D eigenvalue weighted by Gasteiger charge is -2.20. The number of alkyl halides is 3. The van der Waals surface area contributed by atoms with E-state index in [2.05, 4.69) is 15.3 Å². The monoisotopic (exact) mass is 429 g/mol. The van der Waals surface area contributed by atoms with Crippen LogP contribution < -0.4 is 16.0 Å². The van der Waals surface area contributed by atoms with Gasteiger partial charge in [0.05, 0.1) is 17.1 Å². The molecule has 0 radical (unpaired) electrons. The number of nitrogens with one attached hydrogen (secondary N) is 1. The molecule has 2 heterocycles. The number of halogens is 3. The Labute approximate surface area is 177 Å². The maximum Gasteiger partial charge on any atom is 0.416 e. The summed E-state index contributed by atoms with van der Waals surface area (Å²) in [6, 6.07) is 6.83. The van der Waals surface area contributed by atoms with Crippen LogP contribution in [0.25, 0.3) is 10.9 Å². The predicted molar refractivity (Wildman–Crippen MR) is 114 cm³/mol. The summed E-state index contributed by atoms with van der Waals surface area (Å²) in [6.45, 7) is 5.63. The third kappa shape index (κ3) is 3.99. The Morgan fingerprint density at radius 1 is 1.19 bits per heavy atom. The zero-order valence-corrected chi connectivity index (χ0v) is 17.3. The Morgan fingerprint density at radius 2 is 1.94 bits per heavy atom. The van der Waals surface area contributed by atoms with Crippen molar-refractivity contribution >= 4 is 34.0 Å². The Bertz CT molecular complexity index is 1190. The molecule has 1 aromatic heterocycles. The molecule has 3 aromatic rings. The number of hydrogen-bond acceptors (Lipinski definition) is 5. The van der Waals surface area contributed by atoms with Crippen molar-refractivity contribution in [2.24, 2.45) is 0 Å². The first-order chi connectivity index (χ1) is 14.5. The summed E-state index contributed by atoms with van der Waals surface area (Å²) in [4.78, 5) is 22.6. The second kappa shape index (κ2) is 7.40. The predicted octanol–water partition coefficient (Wildman–Crippen LogP) is 4.62. The summed E-state index contributed by atoms with van der Waals surface area (Å²) in [5.74, 6) is 0.977. The highest BCUT2D eigenvalue weighted by atomic mass is 19.4. The van der Waals surface area contributed by atoms with Crippen LogP contribution in [-0.2, 0) is 17.4 Å². The lowest BCUT2D eigenvalue weighted by atomic mass is 10.0. The van der Waals surface area contributed by atoms with Gasteiger partial charge in [0.15, 0.2) is 0 Å². The number of aryl methyl sites for hydroxylation is 1. The maximum atomic E-state index is 13.2. The van der Waals surface area contributed by atoms with E-state index in [4.69, 9.17) is 5.73 Å². The number of nitrogens with two attached hydrogens (primary N) is 1. The topological polar surface area (TPSA) is 84.1 Å². The van der Waals surface area contributed by atoms with Crippen LogP contribution in [0.3, 0.4) is 0 Å².